The van der Waals surface area contributed by atoms with Crippen molar-refractivity contribution in [3.63, 3.8) is 0 Å². The highest BCUT2D eigenvalue weighted by Crippen LogP contribution is 2.38. The molecule has 1 atom stereocenters. The molecule has 8 nitrogen and oxygen atoms in total. The predicted molar refractivity (Wildman–Crippen MR) is 148 cm³/mol. The van der Waals surface area contributed by atoms with Gasteiger partial charge in [-0.3, -0.25) is 14.8 Å². The van der Waals surface area contributed by atoms with Crippen molar-refractivity contribution < 1.29 is 22.7 Å². The Bertz CT molecular complexity index is 1320. The minimum atomic E-state index is -4.54. The molecule has 1 aromatic heterocycles. The third-order valence-electron chi connectivity index (χ3n) is 7.11. The standard InChI is InChI=1S/C28H37F3N6O2/c1-17(28(29,30)31)39-23-16-19(14-21-24(23)25(32)35-34-21)18-6-7-20(26(38)33-5)22(15-18)37-12-10-36(11-13-37)9-8-27(2,3)4/h6-7,14-17H,8-13H2,1-5H3,(H,33,38)(H3,32,34,35)/t17-/m1/s1. The minimum absolute atomic E-state index is 0.0111. The van der Waals surface area contributed by atoms with E-state index in [0.717, 1.165) is 57.3 Å². The lowest BCUT2D eigenvalue weighted by Crippen LogP contribution is -2.47. The topological polar surface area (TPSA) is 99.5 Å². The second-order valence-electron chi connectivity index (χ2n) is 11.3. The van der Waals surface area contributed by atoms with E-state index in [-0.39, 0.29) is 22.9 Å². The van der Waals surface area contributed by atoms with Crippen LogP contribution in [0.4, 0.5) is 24.7 Å². The Morgan fingerprint density at radius 2 is 1.82 bits per heavy atom. The number of nitrogens with one attached hydrogen (secondary N) is 2. The first-order valence-corrected chi connectivity index (χ1v) is 13.1. The van der Waals surface area contributed by atoms with Crippen molar-refractivity contribution >= 4 is 28.3 Å². The maximum absolute atomic E-state index is 13.3. The number of rotatable bonds is 7. The summed E-state index contributed by atoms with van der Waals surface area (Å²) in [4.78, 5) is 17.4. The number of carbonyl (C=O) groups is 1. The van der Waals surface area contributed by atoms with Crippen molar-refractivity contribution in [3.8, 4) is 16.9 Å². The molecule has 0 spiro atoms. The zero-order chi connectivity index (χ0) is 28.5. The van der Waals surface area contributed by atoms with Crippen LogP contribution in [0.15, 0.2) is 30.3 Å². The number of nitrogens with zero attached hydrogens (tertiary/aromatic N) is 3. The zero-order valence-corrected chi connectivity index (χ0v) is 23.1. The maximum Gasteiger partial charge on any atom is 0.425 e. The summed E-state index contributed by atoms with van der Waals surface area (Å²) >= 11 is 0. The number of hydrogen-bond acceptors (Lipinski definition) is 6. The number of fused-ring (bicyclic) bond motifs is 1. The number of hydrogen-bond donors (Lipinski definition) is 3. The Balaban J connectivity index is 1.68. The predicted octanol–water partition coefficient (Wildman–Crippen LogP) is 5.06. The van der Waals surface area contributed by atoms with Gasteiger partial charge >= 0.3 is 6.18 Å². The van der Waals surface area contributed by atoms with Gasteiger partial charge in [-0.1, -0.05) is 26.8 Å². The molecule has 3 aromatic rings. The van der Waals surface area contributed by atoms with Gasteiger partial charge in [0, 0.05) is 33.2 Å². The van der Waals surface area contributed by atoms with E-state index in [4.69, 9.17) is 10.5 Å². The molecule has 1 aliphatic rings. The molecular formula is C28H37F3N6O2. The molecule has 1 aliphatic heterocycles. The number of carbonyl (C=O) groups excluding carboxylic acids is 1. The maximum atomic E-state index is 13.3. The highest BCUT2D eigenvalue weighted by Gasteiger charge is 2.38. The average molecular weight is 547 g/mol. The van der Waals surface area contributed by atoms with Crippen molar-refractivity contribution in [2.45, 2.75) is 46.4 Å². The Kier molecular flexibility index (Phi) is 8.02. The van der Waals surface area contributed by atoms with Gasteiger partial charge in [-0.15, -0.1) is 0 Å². The first kappa shape index (κ1) is 28.5. The number of nitrogen functional groups attached to an aromatic ring is 1. The van der Waals surface area contributed by atoms with Crippen LogP contribution in [0.25, 0.3) is 22.0 Å². The second-order valence-corrected chi connectivity index (χ2v) is 11.3. The Morgan fingerprint density at radius 3 is 2.44 bits per heavy atom. The van der Waals surface area contributed by atoms with E-state index < -0.39 is 12.3 Å². The lowest BCUT2D eigenvalue weighted by atomic mass is 9.92. The summed E-state index contributed by atoms with van der Waals surface area (Å²) in [5.41, 5.74) is 9.32. The van der Waals surface area contributed by atoms with Crippen LogP contribution in [0.2, 0.25) is 0 Å². The number of benzene rings is 2. The molecule has 0 unspecified atom stereocenters. The zero-order valence-electron chi connectivity index (χ0n) is 23.1. The SMILES string of the molecule is CNC(=O)c1ccc(-c2cc(O[C@H](C)C(F)(F)F)c3c(N)n[nH]c3c2)cc1N1CCN(CCC(C)(C)C)CC1. The lowest BCUT2D eigenvalue weighted by molar-refractivity contribution is -0.188. The summed E-state index contributed by atoms with van der Waals surface area (Å²) in [6, 6.07) is 8.76. The molecule has 212 valence electrons. The number of ether oxygens (including phenoxy) is 1. The van der Waals surface area contributed by atoms with E-state index in [2.05, 4.69) is 46.1 Å². The summed E-state index contributed by atoms with van der Waals surface area (Å²) < 4.78 is 45.2. The molecule has 39 heavy (non-hydrogen) atoms. The fourth-order valence-corrected chi connectivity index (χ4v) is 4.67. The molecule has 1 fully saturated rings. The van der Waals surface area contributed by atoms with Crippen LogP contribution in [0.3, 0.4) is 0 Å². The van der Waals surface area contributed by atoms with E-state index in [1.165, 1.54) is 0 Å². The van der Waals surface area contributed by atoms with Gasteiger partial charge < -0.3 is 20.7 Å². The van der Waals surface area contributed by atoms with E-state index in [9.17, 15) is 18.0 Å². The Labute approximate surface area is 226 Å². The van der Waals surface area contributed by atoms with E-state index >= 15 is 0 Å². The van der Waals surface area contributed by atoms with Crippen LogP contribution in [0, 0.1) is 5.41 Å². The molecule has 11 heteroatoms. The van der Waals surface area contributed by atoms with Gasteiger partial charge in [-0.05, 0) is 60.7 Å². The summed E-state index contributed by atoms with van der Waals surface area (Å²) in [5.74, 6) is -0.157. The number of amides is 1. The largest absolute Gasteiger partial charge is 0.480 e. The third-order valence-corrected chi connectivity index (χ3v) is 7.11. The van der Waals surface area contributed by atoms with Crippen molar-refractivity contribution in [1.29, 1.82) is 0 Å². The number of alkyl halides is 3. The quantitative estimate of drug-likeness (QED) is 0.383. The molecule has 0 radical (unpaired) electrons. The van der Waals surface area contributed by atoms with Crippen LogP contribution in [0.1, 0.15) is 44.5 Å². The molecule has 1 amide bonds. The molecule has 0 saturated carbocycles. The van der Waals surface area contributed by atoms with Crippen LogP contribution < -0.4 is 20.7 Å². The molecule has 2 aromatic carbocycles. The smallest absolute Gasteiger partial charge is 0.425 e. The summed E-state index contributed by atoms with van der Waals surface area (Å²) in [6.45, 7) is 11.9. The number of nitrogens with two attached hydrogens (primary N) is 1. The highest BCUT2D eigenvalue weighted by atomic mass is 19.4. The van der Waals surface area contributed by atoms with Gasteiger partial charge in [0.25, 0.3) is 5.91 Å². The van der Waals surface area contributed by atoms with E-state index in [1.807, 2.05) is 6.07 Å². The van der Waals surface area contributed by atoms with Gasteiger partial charge in [-0.2, -0.15) is 18.3 Å². The molecule has 0 bridgehead atoms. The van der Waals surface area contributed by atoms with Gasteiger partial charge in [0.2, 0.25) is 0 Å². The summed E-state index contributed by atoms with van der Waals surface area (Å²) in [5, 5.41) is 9.74. The first-order chi connectivity index (χ1) is 18.3. The van der Waals surface area contributed by atoms with Crippen molar-refractivity contribution in [1.82, 2.24) is 20.4 Å². The number of aromatic amines is 1. The van der Waals surface area contributed by atoms with E-state index in [1.54, 1.807) is 31.3 Å². The van der Waals surface area contributed by atoms with Gasteiger partial charge in [0.05, 0.1) is 22.2 Å². The Hall–Kier alpha value is -3.47. The molecule has 4 rings (SSSR count). The second kappa shape index (κ2) is 11.0. The summed E-state index contributed by atoms with van der Waals surface area (Å²) in [6.07, 6.45) is -5.48. The molecule has 1 saturated heterocycles. The number of halogens is 3. The average Bonchev–Trinajstić information content (AvgIpc) is 3.26. The molecule has 4 N–H and O–H groups in total. The minimum Gasteiger partial charge on any atom is -0.480 e. The van der Waals surface area contributed by atoms with Crippen LogP contribution in [-0.4, -0.2) is 73.1 Å². The third kappa shape index (κ3) is 6.58. The number of aromatic nitrogens is 2. The van der Waals surface area contributed by atoms with E-state index in [0.29, 0.717) is 22.0 Å². The number of piperazine rings is 1. The van der Waals surface area contributed by atoms with Crippen LogP contribution >= 0.6 is 0 Å². The highest BCUT2D eigenvalue weighted by molar-refractivity contribution is 6.01. The molecule has 0 aliphatic carbocycles. The first-order valence-electron chi connectivity index (χ1n) is 13.1. The van der Waals surface area contributed by atoms with Gasteiger partial charge in [-0.25, -0.2) is 0 Å². The summed E-state index contributed by atoms with van der Waals surface area (Å²) in [7, 11) is 1.59. The van der Waals surface area contributed by atoms with Crippen LogP contribution in [0.5, 0.6) is 5.75 Å². The van der Waals surface area contributed by atoms with Crippen molar-refractivity contribution in [3.05, 3.63) is 35.9 Å². The van der Waals surface area contributed by atoms with Gasteiger partial charge in [0.1, 0.15) is 5.75 Å². The van der Waals surface area contributed by atoms with Crippen molar-refractivity contribution in [2.75, 3.05) is 50.4 Å². The number of anilines is 2. The lowest BCUT2D eigenvalue weighted by Gasteiger charge is -2.38. The van der Waals surface area contributed by atoms with Gasteiger partial charge in [0.15, 0.2) is 11.9 Å². The Morgan fingerprint density at radius 1 is 1.13 bits per heavy atom. The fraction of sp³-hybridized carbons (Fsp3) is 0.500. The monoisotopic (exact) mass is 546 g/mol. The normalized spacial score (nSPS) is 15.9. The van der Waals surface area contributed by atoms with Crippen LogP contribution in [-0.2, 0) is 0 Å². The molecular weight excluding hydrogens is 509 g/mol. The number of H-pyrrole nitrogens is 1. The molecule has 2 heterocycles. The fourth-order valence-electron chi connectivity index (χ4n) is 4.67. The van der Waals surface area contributed by atoms with Crippen molar-refractivity contribution in [2.24, 2.45) is 5.41 Å².